The van der Waals surface area contributed by atoms with E-state index >= 15 is 0 Å². The van der Waals surface area contributed by atoms with Gasteiger partial charge in [-0.3, -0.25) is 9.69 Å². The lowest BCUT2D eigenvalue weighted by atomic mass is 10.1. The molecular formula is C21H26N4O4. The molecule has 8 heteroatoms. The number of nitrogens with one attached hydrogen (secondary N) is 1. The van der Waals surface area contributed by atoms with Gasteiger partial charge in [-0.15, -0.1) is 0 Å². The normalized spacial score (nSPS) is 16.1. The molecule has 29 heavy (non-hydrogen) atoms. The van der Waals surface area contributed by atoms with Crippen molar-refractivity contribution >= 4 is 11.6 Å². The molecule has 0 atom stereocenters. The first kappa shape index (κ1) is 19.5. The van der Waals surface area contributed by atoms with E-state index in [0.29, 0.717) is 31.9 Å². The summed E-state index contributed by atoms with van der Waals surface area (Å²) in [6.07, 6.45) is 1.69. The monoisotopic (exact) mass is 398 g/mol. The molecule has 0 radical (unpaired) electrons. The van der Waals surface area contributed by atoms with Crippen LogP contribution in [0.1, 0.15) is 16.1 Å². The summed E-state index contributed by atoms with van der Waals surface area (Å²) in [6, 6.07) is 9.71. The Morgan fingerprint density at radius 3 is 2.72 bits per heavy atom. The minimum atomic E-state index is -0.0174. The number of nitrogens with zero attached hydrogens (tertiary/aromatic N) is 3. The second-order valence-corrected chi connectivity index (χ2v) is 7.11. The van der Waals surface area contributed by atoms with Crippen LogP contribution in [0.3, 0.4) is 0 Å². The minimum absolute atomic E-state index is 0.0174. The zero-order valence-corrected chi connectivity index (χ0v) is 16.6. The number of aromatic nitrogens is 1. The standard InChI is InChI=1S/C21H26N4O4/c1-27-11-6-22-17-3-4-18(23-13-17)21(26)25-9-7-24(8-10-25)14-16-2-5-19-20(12-16)29-15-28-19/h2-5,12-13,22H,6-11,14-15H2,1H3. The van der Waals surface area contributed by atoms with Gasteiger partial charge in [-0.05, 0) is 29.8 Å². The van der Waals surface area contributed by atoms with Crippen LogP contribution in [-0.4, -0.2) is 73.9 Å². The third-order valence-electron chi connectivity index (χ3n) is 5.12. The van der Waals surface area contributed by atoms with Crippen molar-refractivity contribution in [2.45, 2.75) is 6.54 Å². The predicted molar refractivity (Wildman–Crippen MR) is 108 cm³/mol. The molecule has 1 fully saturated rings. The Bertz CT molecular complexity index is 835. The number of ether oxygens (including phenoxy) is 3. The van der Waals surface area contributed by atoms with Gasteiger partial charge in [-0.1, -0.05) is 6.07 Å². The lowest BCUT2D eigenvalue weighted by Crippen LogP contribution is -2.48. The molecule has 2 aliphatic heterocycles. The van der Waals surface area contributed by atoms with Crippen LogP contribution in [0.25, 0.3) is 0 Å². The summed E-state index contributed by atoms with van der Waals surface area (Å²) in [5.74, 6) is 1.59. The van der Waals surface area contributed by atoms with E-state index in [9.17, 15) is 4.79 Å². The Morgan fingerprint density at radius 2 is 1.97 bits per heavy atom. The number of rotatable bonds is 7. The number of hydrogen-bond acceptors (Lipinski definition) is 7. The highest BCUT2D eigenvalue weighted by atomic mass is 16.7. The Labute approximate surface area is 170 Å². The second-order valence-electron chi connectivity index (χ2n) is 7.11. The number of carbonyl (C=O) groups is 1. The summed E-state index contributed by atoms with van der Waals surface area (Å²) < 4.78 is 15.8. The quantitative estimate of drug-likeness (QED) is 0.713. The van der Waals surface area contributed by atoms with Crippen LogP contribution in [0.2, 0.25) is 0 Å². The highest BCUT2D eigenvalue weighted by molar-refractivity contribution is 5.92. The number of piperazine rings is 1. The summed E-state index contributed by atoms with van der Waals surface area (Å²) in [5, 5.41) is 3.20. The van der Waals surface area contributed by atoms with Gasteiger partial charge in [-0.2, -0.15) is 0 Å². The molecular weight excluding hydrogens is 372 g/mol. The molecule has 3 heterocycles. The summed E-state index contributed by atoms with van der Waals surface area (Å²) in [4.78, 5) is 21.3. The number of methoxy groups -OCH3 is 1. The lowest BCUT2D eigenvalue weighted by molar-refractivity contribution is 0.0623. The van der Waals surface area contributed by atoms with Gasteiger partial charge < -0.3 is 24.4 Å². The van der Waals surface area contributed by atoms with E-state index in [1.807, 2.05) is 23.1 Å². The first-order chi connectivity index (χ1) is 14.2. The molecule has 1 saturated heterocycles. The van der Waals surface area contributed by atoms with Crippen molar-refractivity contribution < 1.29 is 19.0 Å². The first-order valence-electron chi connectivity index (χ1n) is 9.82. The molecule has 1 N–H and O–H groups in total. The number of carbonyl (C=O) groups excluding carboxylic acids is 1. The minimum Gasteiger partial charge on any atom is -0.454 e. The van der Waals surface area contributed by atoms with Crippen molar-refractivity contribution in [2.75, 3.05) is 58.6 Å². The average molecular weight is 398 g/mol. The van der Waals surface area contributed by atoms with Gasteiger partial charge >= 0.3 is 0 Å². The number of hydrogen-bond donors (Lipinski definition) is 1. The molecule has 0 aliphatic carbocycles. The second kappa shape index (κ2) is 9.11. The van der Waals surface area contributed by atoms with Crippen LogP contribution >= 0.6 is 0 Å². The Hall–Kier alpha value is -2.84. The van der Waals surface area contributed by atoms with Crippen molar-refractivity contribution in [3.63, 3.8) is 0 Å². The molecule has 0 unspecified atom stereocenters. The molecule has 4 rings (SSSR count). The molecule has 1 aromatic carbocycles. The highest BCUT2D eigenvalue weighted by Crippen LogP contribution is 2.32. The van der Waals surface area contributed by atoms with E-state index in [-0.39, 0.29) is 12.7 Å². The SMILES string of the molecule is COCCNc1ccc(C(=O)N2CCN(Cc3ccc4c(c3)OCO4)CC2)nc1. The number of benzene rings is 1. The smallest absolute Gasteiger partial charge is 0.272 e. The van der Waals surface area contributed by atoms with E-state index in [1.165, 1.54) is 5.56 Å². The fourth-order valence-corrected chi connectivity index (χ4v) is 3.49. The first-order valence-corrected chi connectivity index (χ1v) is 9.82. The fraction of sp³-hybridized carbons (Fsp3) is 0.429. The molecule has 0 bridgehead atoms. The molecule has 0 spiro atoms. The lowest BCUT2D eigenvalue weighted by Gasteiger charge is -2.34. The van der Waals surface area contributed by atoms with E-state index in [2.05, 4.69) is 21.3 Å². The molecule has 0 saturated carbocycles. The Morgan fingerprint density at radius 1 is 1.14 bits per heavy atom. The number of pyridine rings is 1. The van der Waals surface area contributed by atoms with Crippen molar-refractivity contribution in [1.82, 2.24) is 14.8 Å². The van der Waals surface area contributed by atoms with Crippen LogP contribution < -0.4 is 14.8 Å². The number of anilines is 1. The molecule has 1 amide bonds. The fourth-order valence-electron chi connectivity index (χ4n) is 3.49. The van der Waals surface area contributed by atoms with Crippen LogP contribution in [0, 0.1) is 0 Å². The molecule has 8 nitrogen and oxygen atoms in total. The van der Waals surface area contributed by atoms with Gasteiger partial charge in [0.05, 0.1) is 18.5 Å². The summed E-state index contributed by atoms with van der Waals surface area (Å²) >= 11 is 0. The zero-order valence-electron chi connectivity index (χ0n) is 16.6. The van der Waals surface area contributed by atoms with E-state index in [1.54, 1.807) is 19.4 Å². The number of fused-ring (bicyclic) bond motifs is 1. The van der Waals surface area contributed by atoms with Gasteiger partial charge in [0, 0.05) is 46.4 Å². The Kier molecular flexibility index (Phi) is 6.12. The van der Waals surface area contributed by atoms with Crippen molar-refractivity contribution in [3.8, 4) is 11.5 Å². The molecule has 154 valence electrons. The average Bonchev–Trinajstić information content (AvgIpc) is 3.22. The maximum Gasteiger partial charge on any atom is 0.272 e. The van der Waals surface area contributed by atoms with Crippen LogP contribution in [0.15, 0.2) is 36.5 Å². The van der Waals surface area contributed by atoms with Gasteiger partial charge in [0.2, 0.25) is 6.79 Å². The number of amides is 1. The molecule has 2 aliphatic rings. The van der Waals surface area contributed by atoms with Crippen molar-refractivity contribution in [3.05, 3.63) is 47.8 Å². The van der Waals surface area contributed by atoms with Gasteiger partial charge in [0.15, 0.2) is 11.5 Å². The summed E-state index contributed by atoms with van der Waals surface area (Å²) in [6.45, 7) is 5.50. The largest absolute Gasteiger partial charge is 0.454 e. The third kappa shape index (κ3) is 4.78. The van der Waals surface area contributed by atoms with Crippen LogP contribution in [0.5, 0.6) is 11.5 Å². The van der Waals surface area contributed by atoms with E-state index in [0.717, 1.165) is 36.8 Å². The third-order valence-corrected chi connectivity index (χ3v) is 5.12. The van der Waals surface area contributed by atoms with Crippen molar-refractivity contribution in [1.29, 1.82) is 0 Å². The van der Waals surface area contributed by atoms with Gasteiger partial charge in [0.1, 0.15) is 5.69 Å². The zero-order chi connectivity index (χ0) is 20.1. The summed E-state index contributed by atoms with van der Waals surface area (Å²) in [5.41, 5.74) is 2.55. The maximum atomic E-state index is 12.7. The molecule has 1 aromatic heterocycles. The van der Waals surface area contributed by atoms with E-state index < -0.39 is 0 Å². The Balaban J connectivity index is 1.27. The maximum absolute atomic E-state index is 12.7. The topological polar surface area (TPSA) is 76.2 Å². The van der Waals surface area contributed by atoms with Crippen molar-refractivity contribution in [2.24, 2.45) is 0 Å². The molecule has 2 aromatic rings. The van der Waals surface area contributed by atoms with Gasteiger partial charge in [-0.25, -0.2) is 4.98 Å². The summed E-state index contributed by atoms with van der Waals surface area (Å²) in [7, 11) is 1.66. The van der Waals surface area contributed by atoms with Gasteiger partial charge in [0.25, 0.3) is 5.91 Å². The van der Waals surface area contributed by atoms with Crippen LogP contribution in [0.4, 0.5) is 5.69 Å². The van der Waals surface area contributed by atoms with Crippen LogP contribution in [-0.2, 0) is 11.3 Å². The highest BCUT2D eigenvalue weighted by Gasteiger charge is 2.23. The predicted octanol–water partition coefficient (Wildman–Crippen LogP) is 1.83. The van der Waals surface area contributed by atoms with E-state index in [4.69, 9.17) is 14.2 Å².